The van der Waals surface area contributed by atoms with Gasteiger partial charge in [0.2, 0.25) is 0 Å². The number of nitrogens with zero attached hydrogens (tertiary/aromatic N) is 2. The summed E-state index contributed by atoms with van der Waals surface area (Å²) in [6.07, 6.45) is 10.0. The second kappa shape index (κ2) is 6.45. The third-order valence-corrected chi connectivity index (χ3v) is 4.88. The second-order valence-corrected chi connectivity index (χ2v) is 6.01. The first-order valence-electron chi connectivity index (χ1n) is 6.62. The minimum Gasteiger partial charge on any atom is -0.384 e. The normalized spacial score (nSPS) is 19.4. The van der Waals surface area contributed by atoms with Crippen molar-refractivity contribution in [2.75, 3.05) is 5.75 Å². The van der Waals surface area contributed by atoms with E-state index in [-0.39, 0.29) is 0 Å². The number of hydrogen-bond donors (Lipinski definition) is 1. The molecule has 1 aliphatic carbocycles. The predicted octanol–water partition coefficient (Wildman–Crippen LogP) is 3.00. The van der Waals surface area contributed by atoms with Crippen molar-refractivity contribution in [1.29, 1.82) is 0 Å². The van der Waals surface area contributed by atoms with Gasteiger partial charge in [0.05, 0.1) is 0 Å². The molecule has 0 aliphatic heterocycles. The van der Waals surface area contributed by atoms with Gasteiger partial charge in [0, 0.05) is 29.9 Å². The molecule has 1 unspecified atom stereocenters. The zero-order valence-corrected chi connectivity index (χ0v) is 11.3. The number of aromatic nitrogens is 2. The molecule has 1 aromatic heterocycles. The molecule has 3 nitrogen and oxygen atoms in total. The highest BCUT2D eigenvalue weighted by Crippen LogP contribution is 2.30. The van der Waals surface area contributed by atoms with Gasteiger partial charge in [-0.05, 0) is 19.8 Å². The Labute approximate surface area is 108 Å². The molecule has 1 atom stereocenters. The van der Waals surface area contributed by atoms with Crippen molar-refractivity contribution < 1.29 is 5.11 Å². The minimum atomic E-state index is -0.420. The van der Waals surface area contributed by atoms with Gasteiger partial charge in [0.15, 0.2) is 0 Å². The summed E-state index contributed by atoms with van der Waals surface area (Å²) >= 11 is 1.92. The van der Waals surface area contributed by atoms with E-state index in [2.05, 4.69) is 11.9 Å². The number of imidazole rings is 1. The molecule has 0 radical (unpaired) electrons. The lowest BCUT2D eigenvalue weighted by Gasteiger charge is -2.22. The Morgan fingerprint density at radius 2 is 2.24 bits per heavy atom. The van der Waals surface area contributed by atoms with Crippen LogP contribution in [0.25, 0.3) is 0 Å². The van der Waals surface area contributed by atoms with Crippen LogP contribution in [0.1, 0.15) is 51.0 Å². The number of rotatable bonds is 5. The summed E-state index contributed by atoms with van der Waals surface area (Å²) in [7, 11) is 0. The van der Waals surface area contributed by atoms with Gasteiger partial charge < -0.3 is 9.67 Å². The van der Waals surface area contributed by atoms with Gasteiger partial charge in [-0.2, -0.15) is 11.8 Å². The quantitative estimate of drug-likeness (QED) is 0.878. The number of hydrogen-bond acceptors (Lipinski definition) is 3. The lowest BCUT2D eigenvalue weighted by atomic mass is 10.0. The topological polar surface area (TPSA) is 38.0 Å². The Bertz CT molecular complexity index is 334. The Kier molecular flexibility index (Phi) is 4.92. The molecule has 0 bridgehead atoms. The molecular weight excluding hydrogens is 232 g/mol. The second-order valence-electron chi connectivity index (χ2n) is 4.68. The summed E-state index contributed by atoms with van der Waals surface area (Å²) in [5.74, 6) is 1.60. The van der Waals surface area contributed by atoms with Gasteiger partial charge in [-0.25, -0.2) is 4.98 Å². The van der Waals surface area contributed by atoms with E-state index in [0.717, 1.165) is 23.4 Å². The molecule has 0 aromatic carbocycles. The molecule has 2 rings (SSSR count). The third-order valence-electron chi connectivity index (χ3n) is 3.43. The number of aliphatic hydroxyl groups excluding tert-OH is 1. The van der Waals surface area contributed by atoms with Gasteiger partial charge in [-0.15, -0.1) is 0 Å². The fourth-order valence-electron chi connectivity index (χ4n) is 2.42. The highest BCUT2D eigenvalue weighted by atomic mass is 32.2. The summed E-state index contributed by atoms with van der Waals surface area (Å²) < 4.78 is 2.02. The van der Waals surface area contributed by atoms with Crippen LogP contribution < -0.4 is 0 Å². The standard InChI is InChI=1S/C13H22N2OS/c1-2-15-9-8-14-13(15)12(16)10-17-11-6-4-3-5-7-11/h8-9,11-12,16H,2-7,10H2,1H3. The van der Waals surface area contributed by atoms with Crippen LogP contribution in [0.5, 0.6) is 0 Å². The molecule has 96 valence electrons. The molecule has 1 heterocycles. The minimum absolute atomic E-state index is 0.420. The molecule has 17 heavy (non-hydrogen) atoms. The summed E-state index contributed by atoms with van der Waals surface area (Å²) in [5.41, 5.74) is 0. The maximum atomic E-state index is 10.1. The molecule has 1 saturated carbocycles. The zero-order valence-electron chi connectivity index (χ0n) is 10.5. The van der Waals surface area contributed by atoms with Crippen molar-refractivity contribution in [2.24, 2.45) is 0 Å². The first-order valence-corrected chi connectivity index (χ1v) is 7.67. The smallest absolute Gasteiger partial charge is 0.138 e. The number of aryl methyl sites for hydroxylation is 1. The molecule has 0 amide bonds. The van der Waals surface area contributed by atoms with E-state index in [1.165, 1.54) is 32.1 Å². The lowest BCUT2D eigenvalue weighted by molar-refractivity contribution is 0.188. The monoisotopic (exact) mass is 254 g/mol. The van der Waals surface area contributed by atoms with Crippen molar-refractivity contribution >= 4 is 11.8 Å². The largest absolute Gasteiger partial charge is 0.384 e. The van der Waals surface area contributed by atoms with Crippen LogP contribution in [0, 0.1) is 0 Å². The van der Waals surface area contributed by atoms with Crippen LogP contribution in [0.2, 0.25) is 0 Å². The van der Waals surface area contributed by atoms with Crippen molar-refractivity contribution in [1.82, 2.24) is 9.55 Å². The van der Waals surface area contributed by atoms with Gasteiger partial charge in [-0.1, -0.05) is 19.3 Å². The van der Waals surface area contributed by atoms with Gasteiger partial charge in [0.25, 0.3) is 0 Å². The van der Waals surface area contributed by atoms with E-state index in [0.29, 0.717) is 0 Å². The van der Waals surface area contributed by atoms with Crippen LogP contribution in [0.4, 0.5) is 0 Å². The van der Waals surface area contributed by atoms with E-state index in [9.17, 15) is 5.11 Å². The van der Waals surface area contributed by atoms with E-state index in [1.54, 1.807) is 6.20 Å². The average Bonchev–Trinajstić information content (AvgIpc) is 2.85. The predicted molar refractivity (Wildman–Crippen MR) is 72.2 cm³/mol. The van der Waals surface area contributed by atoms with Gasteiger partial charge >= 0.3 is 0 Å². The molecule has 4 heteroatoms. The van der Waals surface area contributed by atoms with Crippen molar-refractivity contribution in [3.8, 4) is 0 Å². The summed E-state index contributed by atoms with van der Waals surface area (Å²) in [4.78, 5) is 4.25. The number of aliphatic hydroxyl groups is 1. The van der Waals surface area contributed by atoms with Crippen LogP contribution in [-0.2, 0) is 6.54 Å². The maximum Gasteiger partial charge on any atom is 0.138 e. The SMILES string of the molecule is CCn1ccnc1C(O)CSC1CCCCC1. The fraction of sp³-hybridized carbons (Fsp3) is 0.769. The molecular formula is C13H22N2OS. The van der Waals surface area contributed by atoms with Crippen molar-refractivity contribution in [3.63, 3.8) is 0 Å². The van der Waals surface area contributed by atoms with Crippen molar-refractivity contribution in [3.05, 3.63) is 18.2 Å². The Morgan fingerprint density at radius 1 is 1.47 bits per heavy atom. The highest BCUT2D eigenvalue weighted by Gasteiger charge is 2.18. The molecule has 1 aliphatic rings. The Balaban J connectivity index is 1.82. The number of thioether (sulfide) groups is 1. The van der Waals surface area contributed by atoms with E-state index < -0.39 is 6.10 Å². The van der Waals surface area contributed by atoms with E-state index >= 15 is 0 Å². The lowest BCUT2D eigenvalue weighted by Crippen LogP contribution is -2.14. The first kappa shape index (κ1) is 13.0. The first-order chi connectivity index (χ1) is 8.31. The van der Waals surface area contributed by atoms with Crippen LogP contribution in [0.15, 0.2) is 12.4 Å². The molecule has 1 N–H and O–H groups in total. The highest BCUT2D eigenvalue weighted by molar-refractivity contribution is 7.99. The molecule has 1 fully saturated rings. The molecule has 0 saturated heterocycles. The molecule has 0 spiro atoms. The average molecular weight is 254 g/mol. The van der Waals surface area contributed by atoms with Crippen molar-refractivity contribution in [2.45, 2.75) is 56.9 Å². The fourth-order valence-corrected chi connectivity index (χ4v) is 3.69. The van der Waals surface area contributed by atoms with E-state index in [4.69, 9.17) is 0 Å². The van der Waals surface area contributed by atoms with Crippen LogP contribution in [0.3, 0.4) is 0 Å². The third kappa shape index (κ3) is 3.49. The summed E-state index contributed by atoms with van der Waals surface area (Å²) in [6, 6.07) is 0. The zero-order chi connectivity index (χ0) is 12.1. The van der Waals surface area contributed by atoms with Gasteiger partial charge in [0.1, 0.15) is 11.9 Å². The van der Waals surface area contributed by atoms with E-state index in [1.807, 2.05) is 22.5 Å². The Hall–Kier alpha value is -0.480. The summed E-state index contributed by atoms with van der Waals surface area (Å²) in [6.45, 7) is 2.95. The van der Waals surface area contributed by atoms with Crippen LogP contribution >= 0.6 is 11.8 Å². The maximum absolute atomic E-state index is 10.1. The molecule has 1 aromatic rings. The van der Waals surface area contributed by atoms with Crippen LogP contribution in [-0.4, -0.2) is 25.7 Å². The van der Waals surface area contributed by atoms with Gasteiger partial charge in [-0.3, -0.25) is 0 Å². The Morgan fingerprint density at radius 3 is 2.94 bits per heavy atom. The summed E-state index contributed by atoms with van der Waals surface area (Å²) in [5, 5.41) is 10.9.